The number of carbonyl (C=O) groups is 1. The first kappa shape index (κ1) is 28.9. The molecule has 5 rings (SSSR count). The summed E-state index contributed by atoms with van der Waals surface area (Å²) in [5, 5.41) is 17.5. The fourth-order valence-corrected chi connectivity index (χ4v) is 5.15. The summed E-state index contributed by atoms with van der Waals surface area (Å²) < 4.78 is 36.9. The molecule has 2 aliphatic rings. The number of aliphatic imine (C=N–C) groups is 1. The predicted octanol–water partition coefficient (Wildman–Crippen LogP) is 3.17. The maximum absolute atomic E-state index is 13.0. The van der Waals surface area contributed by atoms with E-state index in [4.69, 9.17) is 21.1 Å². The Balaban J connectivity index is 1.62. The molecule has 3 N–H and O–H groups in total. The summed E-state index contributed by atoms with van der Waals surface area (Å²) in [7, 11) is 0.189. The molecule has 0 aliphatic carbocycles. The lowest BCUT2D eigenvalue weighted by molar-refractivity contribution is -0.117. The number of nitriles is 1. The fourth-order valence-electron chi connectivity index (χ4n) is 4.31. The number of hydrogen-bond acceptors (Lipinski definition) is 12. The van der Waals surface area contributed by atoms with Crippen LogP contribution in [0.3, 0.4) is 0 Å². The highest BCUT2D eigenvalue weighted by atomic mass is 35.5. The quantitative estimate of drug-likeness (QED) is 0.342. The van der Waals surface area contributed by atoms with Crippen molar-refractivity contribution in [3.05, 3.63) is 52.8 Å². The molecular formula is C27H27ClN8O5S. The number of benzene rings is 2. The minimum absolute atomic E-state index is 0.0174. The van der Waals surface area contributed by atoms with E-state index in [0.29, 0.717) is 30.1 Å². The Kier molecular flexibility index (Phi) is 7.81. The van der Waals surface area contributed by atoms with E-state index in [-0.39, 0.29) is 39.7 Å². The van der Waals surface area contributed by atoms with Gasteiger partial charge in [-0.05, 0) is 25.1 Å². The lowest BCUT2D eigenvalue weighted by Gasteiger charge is -2.29. The van der Waals surface area contributed by atoms with E-state index in [9.17, 15) is 18.5 Å². The molecule has 3 heterocycles. The van der Waals surface area contributed by atoms with Gasteiger partial charge in [-0.1, -0.05) is 11.6 Å². The number of amidine groups is 1. The van der Waals surface area contributed by atoms with Gasteiger partial charge < -0.3 is 30.3 Å². The van der Waals surface area contributed by atoms with Crippen LogP contribution < -0.4 is 30.3 Å². The van der Waals surface area contributed by atoms with E-state index in [1.807, 2.05) is 25.1 Å². The zero-order valence-electron chi connectivity index (χ0n) is 23.1. The minimum Gasteiger partial charge on any atom is -0.451 e. The smallest absolute Gasteiger partial charge is 0.248 e. The van der Waals surface area contributed by atoms with Crippen LogP contribution in [-0.2, 0) is 14.6 Å². The van der Waals surface area contributed by atoms with Crippen LogP contribution in [0.2, 0.25) is 5.02 Å². The van der Waals surface area contributed by atoms with Crippen molar-refractivity contribution >= 4 is 50.4 Å². The number of fused-ring (bicyclic) bond motifs is 1. The molecule has 0 saturated heterocycles. The molecule has 2 unspecified atom stereocenters. The molecule has 1 aromatic heterocycles. The Morgan fingerprint density at radius 2 is 1.95 bits per heavy atom. The van der Waals surface area contributed by atoms with Gasteiger partial charge in [-0.15, -0.1) is 0 Å². The Morgan fingerprint density at radius 3 is 2.62 bits per heavy atom. The van der Waals surface area contributed by atoms with E-state index >= 15 is 0 Å². The monoisotopic (exact) mass is 610 g/mol. The van der Waals surface area contributed by atoms with Crippen LogP contribution in [0.15, 0.2) is 41.7 Å². The minimum atomic E-state index is -3.53. The molecule has 2 aromatic carbocycles. The standard InChI is InChI=1S/C27H27ClN8O5S/c1-14(42(4,38)39)21-26(37)35-22-25(34-21)32-13-33-27(22)41-20-11-16(36(2)3)10-17(24-30-7-8-31-24)23(20)40-19-9-15(12-29)5-6-18(19)28/h5-6,9-11,13-14,21H,7-8H2,1-4H3,(H,30,31)(H,35,37)(H,32,33,34). The van der Waals surface area contributed by atoms with Gasteiger partial charge in [0.1, 0.15) is 29.6 Å². The number of hydrogen-bond donors (Lipinski definition) is 3. The van der Waals surface area contributed by atoms with Gasteiger partial charge in [0.05, 0.1) is 34.0 Å². The first-order chi connectivity index (χ1) is 20.0. The lowest BCUT2D eigenvalue weighted by atomic mass is 10.1. The van der Waals surface area contributed by atoms with Crippen molar-refractivity contribution in [1.29, 1.82) is 5.26 Å². The van der Waals surface area contributed by atoms with E-state index in [1.165, 1.54) is 19.3 Å². The van der Waals surface area contributed by atoms with Crippen LogP contribution in [0.5, 0.6) is 23.1 Å². The Hall–Kier alpha value is -4.61. The number of aromatic nitrogens is 2. The number of amides is 1. The van der Waals surface area contributed by atoms with E-state index in [0.717, 1.165) is 11.9 Å². The molecule has 15 heteroatoms. The predicted molar refractivity (Wildman–Crippen MR) is 159 cm³/mol. The molecule has 0 fully saturated rings. The molecular weight excluding hydrogens is 584 g/mol. The van der Waals surface area contributed by atoms with Crippen LogP contribution in [0.4, 0.5) is 17.2 Å². The number of ether oxygens (including phenoxy) is 2. The summed E-state index contributed by atoms with van der Waals surface area (Å²) in [6.45, 7) is 2.64. The van der Waals surface area contributed by atoms with E-state index < -0.39 is 27.0 Å². The highest BCUT2D eigenvalue weighted by Gasteiger charge is 2.37. The first-order valence-corrected chi connectivity index (χ1v) is 15.1. The van der Waals surface area contributed by atoms with Crippen LogP contribution in [0.1, 0.15) is 18.1 Å². The zero-order chi connectivity index (χ0) is 30.2. The molecule has 0 bridgehead atoms. The second kappa shape index (κ2) is 11.3. The molecule has 2 atom stereocenters. The van der Waals surface area contributed by atoms with Gasteiger partial charge in [0.25, 0.3) is 0 Å². The lowest BCUT2D eigenvalue weighted by Crippen LogP contribution is -2.48. The summed E-state index contributed by atoms with van der Waals surface area (Å²) >= 11 is 6.44. The van der Waals surface area contributed by atoms with E-state index in [2.05, 4.69) is 37.0 Å². The van der Waals surface area contributed by atoms with E-state index in [1.54, 1.807) is 18.2 Å². The summed E-state index contributed by atoms with van der Waals surface area (Å²) in [5.74, 6) is 0.821. The highest BCUT2D eigenvalue weighted by molar-refractivity contribution is 7.91. The van der Waals surface area contributed by atoms with Gasteiger partial charge in [-0.25, -0.2) is 13.4 Å². The van der Waals surface area contributed by atoms with Crippen molar-refractivity contribution < 1.29 is 22.7 Å². The number of nitrogens with one attached hydrogen (secondary N) is 3. The van der Waals surface area contributed by atoms with Gasteiger partial charge in [0, 0.05) is 44.7 Å². The third kappa shape index (κ3) is 5.74. The normalized spacial score (nSPS) is 16.6. The molecule has 0 spiro atoms. The maximum Gasteiger partial charge on any atom is 0.248 e. The molecule has 42 heavy (non-hydrogen) atoms. The summed E-state index contributed by atoms with van der Waals surface area (Å²) in [6.07, 6.45) is 2.30. The molecule has 0 radical (unpaired) electrons. The summed E-state index contributed by atoms with van der Waals surface area (Å²) in [5.41, 5.74) is 1.78. The van der Waals surface area contributed by atoms with Gasteiger partial charge >= 0.3 is 0 Å². The highest BCUT2D eigenvalue weighted by Crippen LogP contribution is 2.45. The molecule has 2 aliphatic heterocycles. The molecule has 0 saturated carbocycles. The second-order valence-electron chi connectivity index (χ2n) is 9.88. The van der Waals surface area contributed by atoms with Crippen LogP contribution in [0, 0.1) is 11.3 Å². The summed E-state index contributed by atoms with van der Waals surface area (Å²) in [6, 6.07) is 9.24. The van der Waals surface area contributed by atoms with Crippen molar-refractivity contribution in [2.45, 2.75) is 18.2 Å². The largest absolute Gasteiger partial charge is 0.451 e. The van der Waals surface area contributed by atoms with Gasteiger partial charge in [-0.2, -0.15) is 10.2 Å². The number of carbonyl (C=O) groups excluding carboxylic acids is 1. The van der Waals surface area contributed by atoms with Crippen molar-refractivity contribution in [3.63, 3.8) is 0 Å². The number of rotatable bonds is 8. The van der Waals surface area contributed by atoms with Crippen molar-refractivity contribution in [2.24, 2.45) is 4.99 Å². The van der Waals surface area contributed by atoms with Crippen molar-refractivity contribution in [3.8, 4) is 29.2 Å². The maximum atomic E-state index is 13.0. The number of halogens is 1. The Bertz CT molecular complexity index is 1760. The van der Waals surface area contributed by atoms with Gasteiger partial charge in [-0.3, -0.25) is 9.79 Å². The zero-order valence-corrected chi connectivity index (χ0v) is 24.7. The van der Waals surface area contributed by atoms with Crippen molar-refractivity contribution in [2.75, 3.05) is 49.0 Å². The van der Waals surface area contributed by atoms with Gasteiger partial charge in [0.15, 0.2) is 27.2 Å². The number of sulfone groups is 1. The SMILES string of the molecule is CC(C1Nc2ncnc(Oc3cc(N(C)C)cc(C4=NCCN4)c3Oc3cc(C#N)ccc3Cl)c2NC1=O)S(C)(=O)=O. The molecule has 218 valence electrons. The van der Waals surface area contributed by atoms with Gasteiger partial charge in [0.2, 0.25) is 11.8 Å². The molecule has 3 aromatic rings. The topological polar surface area (TPSA) is 171 Å². The third-order valence-corrected chi connectivity index (χ3v) is 8.68. The van der Waals surface area contributed by atoms with Crippen LogP contribution in [-0.4, -0.2) is 74.9 Å². The Labute approximate surface area is 247 Å². The fraction of sp³-hybridized carbons (Fsp3) is 0.296. The van der Waals surface area contributed by atoms with Crippen LogP contribution >= 0.6 is 11.6 Å². The molecule has 13 nitrogen and oxygen atoms in total. The average molecular weight is 611 g/mol. The number of nitrogens with zero attached hydrogens (tertiary/aromatic N) is 5. The average Bonchev–Trinajstić information content (AvgIpc) is 3.49. The first-order valence-electron chi connectivity index (χ1n) is 12.8. The Morgan fingerprint density at radius 1 is 1.17 bits per heavy atom. The summed E-state index contributed by atoms with van der Waals surface area (Å²) in [4.78, 5) is 27.8. The third-order valence-electron chi connectivity index (χ3n) is 6.74. The van der Waals surface area contributed by atoms with Crippen molar-refractivity contribution in [1.82, 2.24) is 15.3 Å². The number of anilines is 3. The molecule has 1 amide bonds. The van der Waals surface area contributed by atoms with Crippen LogP contribution in [0.25, 0.3) is 0 Å². The second-order valence-corrected chi connectivity index (χ2v) is 12.7.